The number of hydrogen-bond donors (Lipinski definition) is 2. The van der Waals surface area contributed by atoms with Crippen LogP contribution in [0, 0.1) is 0 Å². The zero-order valence-electron chi connectivity index (χ0n) is 11.7. The average Bonchev–Trinajstić information content (AvgIpc) is 2.65. The number of nitrogens with one attached hydrogen (secondary N) is 1. The minimum Gasteiger partial charge on any atom is -0.377 e. The molecule has 3 N–H and O–H groups in total. The van der Waals surface area contributed by atoms with Gasteiger partial charge in [0, 0.05) is 18.6 Å². The van der Waals surface area contributed by atoms with Gasteiger partial charge in [0.25, 0.3) is 0 Å². The first kappa shape index (κ1) is 14.3. The van der Waals surface area contributed by atoms with Crippen molar-refractivity contribution >= 4 is 0 Å². The molecule has 3 nitrogen and oxygen atoms in total. The van der Waals surface area contributed by atoms with Crippen molar-refractivity contribution in [2.75, 3.05) is 13.2 Å². The van der Waals surface area contributed by atoms with E-state index in [2.05, 4.69) is 5.32 Å². The maximum Gasteiger partial charge on any atom is 0.0594 e. The zero-order valence-corrected chi connectivity index (χ0v) is 11.7. The number of ether oxygens (including phenoxy) is 1. The molecule has 0 amide bonds. The third-order valence-electron chi connectivity index (χ3n) is 4.46. The van der Waals surface area contributed by atoms with Crippen molar-refractivity contribution in [2.24, 2.45) is 5.73 Å². The molecule has 0 spiro atoms. The Morgan fingerprint density at radius 3 is 2.22 bits per heavy atom. The van der Waals surface area contributed by atoms with Crippen molar-refractivity contribution in [2.45, 2.75) is 82.4 Å². The Balaban J connectivity index is 1.50. The molecule has 2 aliphatic rings. The lowest BCUT2D eigenvalue weighted by atomic mass is 9.94. The second-order valence-electron chi connectivity index (χ2n) is 6.05. The van der Waals surface area contributed by atoms with Crippen LogP contribution in [0.15, 0.2) is 0 Å². The highest BCUT2D eigenvalue weighted by atomic mass is 16.5. The fraction of sp³-hybridized carbons (Fsp3) is 1.00. The lowest BCUT2D eigenvalue weighted by Gasteiger charge is -2.26. The molecule has 0 unspecified atom stereocenters. The van der Waals surface area contributed by atoms with Gasteiger partial charge >= 0.3 is 0 Å². The second-order valence-corrected chi connectivity index (χ2v) is 6.05. The van der Waals surface area contributed by atoms with Crippen molar-refractivity contribution in [1.82, 2.24) is 5.32 Å². The fourth-order valence-corrected chi connectivity index (χ4v) is 3.23. The Kier molecular flexibility index (Phi) is 6.46. The van der Waals surface area contributed by atoms with Crippen LogP contribution in [-0.4, -0.2) is 31.3 Å². The third kappa shape index (κ3) is 5.25. The molecule has 0 heterocycles. The van der Waals surface area contributed by atoms with E-state index >= 15 is 0 Å². The summed E-state index contributed by atoms with van der Waals surface area (Å²) in [4.78, 5) is 0. The summed E-state index contributed by atoms with van der Waals surface area (Å²) < 4.78 is 5.94. The summed E-state index contributed by atoms with van der Waals surface area (Å²) in [5, 5.41) is 3.66. The monoisotopic (exact) mass is 254 g/mol. The van der Waals surface area contributed by atoms with Gasteiger partial charge in [-0.15, -0.1) is 0 Å². The predicted octanol–water partition coefficient (Wildman–Crippen LogP) is 2.59. The Hall–Kier alpha value is -0.120. The van der Waals surface area contributed by atoms with Crippen LogP contribution in [0.3, 0.4) is 0 Å². The van der Waals surface area contributed by atoms with E-state index in [1.807, 2.05) is 0 Å². The van der Waals surface area contributed by atoms with E-state index in [9.17, 15) is 0 Å². The molecule has 2 rings (SSSR count). The van der Waals surface area contributed by atoms with Gasteiger partial charge in [-0.1, -0.05) is 25.7 Å². The van der Waals surface area contributed by atoms with Gasteiger partial charge in [0.15, 0.2) is 0 Å². The Labute approximate surface area is 112 Å². The van der Waals surface area contributed by atoms with Crippen molar-refractivity contribution in [3.8, 4) is 0 Å². The highest BCUT2D eigenvalue weighted by Gasteiger charge is 2.18. The molecule has 0 saturated heterocycles. The topological polar surface area (TPSA) is 47.3 Å². The van der Waals surface area contributed by atoms with E-state index < -0.39 is 0 Å². The third-order valence-corrected chi connectivity index (χ3v) is 4.46. The lowest BCUT2D eigenvalue weighted by Crippen LogP contribution is -2.34. The van der Waals surface area contributed by atoms with Gasteiger partial charge in [0.1, 0.15) is 0 Å². The van der Waals surface area contributed by atoms with Gasteiger partial charge in [0.05, 0.1) is 12.7 Å². The van der Waals surface area contributed by atoms with Crippen LogP contribution in [0.1, 0.15) is 64.2 Å². The van der Waals surface area contributed by atoms with Gasteiger partial charge in [-0.3, -0.25) is 0 Å². The van der Waals surface area contributed by atoms with Crippen LogP contribution < -0.4 is 11.1 Å². The quantitative estimate of drug-likeness (QED) is 0.585. The minimum atomic E-state index is 0.425. The number of hydrogen-bond acceptors (Lipinski definition) is 3. The molecular weight excluding hydrogens is 224 g/mol. The maximum absolute atomic E-state index is 5.94. The van der Waals surface area contributed by atoms with E-state index in [-0.39, 0.29) is 0 Å². The van der Waals surface area contributed by atoms with Gasteiger partial charge in [-0.25, -0.2) is 0 Å². The Bertz CT molecular complexity index is 207. The second kappa shape index (κ2) is 8.13. The van der Waals surface area contributed by atoms with Crippen LogP contribution >= 0.6 is 0 Å². The number of nitrogens with two attached hydrogens (primary N) is 1. The van der Waals surface area contributed by atoms with Gasteiger partial charge in [-0.05, 0) is 38.5 Å². The normalized spacial score (nSPS) is 31.2. The molecule has 18 heavy (non-hydrogen) atoms. The molecule has 0 radical (unpaired) electrons. The summed E-state index contributed by atoms with van der Waals surface area (Å²) in [6.07, 6.45) is 13.4. The van der Waals surface area contributed by atoms with Crippen molar-refractivity contribution in [3.05, 3.63) is 0 Å². The average molecular weight is 254 g/mol. The summed E-state index contributed by atoms with van der Waals surface area (Å²) in [5.41, 5.74) is 5.90. The van der Waals surface area contributed by atoms with Gasteiger partial charge in [0.2, 0.25) is 0 Å². The summed E-state index contributed by atoms with van der Waals surface area (Å²) >= 11 is 0. The van der Waals surface area contributed by atoms with Crippen LogP contribution in [-0.2, 0) is 4.74 Å². The smallest absolute Gasteiger partial charge is 0.0594 e. The van der Waals surface area contributed by atoms with Crippen molar-refractivity contribution < 1.29 is 4.74 Å². The first-order valence-electron chi connectivity index (χ1n) is 7.95. The van der Waals surface area contributed by atoms with Crippen LogP contribution in [0.2, 0.25) is 0 Å². The molecule has 0 aromatic rings. The summed E-state index contributed by atoms with van der Waals surface area (Å²) in [5.74, 6) is 0. The predicted molar refractivity (Wildman–Crippen MR) is 75.7 cm³/mol. The molecule has 0 atom stereocenters. The molecule has 3 heteroatoms. The van der Waals surface area contributed by atoms with Crippen LogP contribution in [0.25, 0.3) is 0 Å². The lowest BCUT2D eigenvalue weighted by molar-refractivity contribution is 0.0259. The summed E-state index contributed by atoms with van der Waals surface area (Å²) in [6, 6.07) is 1.17. The van der Waals surface area contributed by atoms with Crippen molar-refractivity contribution in [3.63, 3.8) is 0 Å². The standard InChI is InChI=1S/C15H30N2O/c16-13-7-9-15(10-8-13)18-12-11-17-14-5-3-1-2-4-6-14/h13-15,17H,1-12,16H2. The number of rotatable bonds is 5. The highest BCUT2D eigenvalue weighted by Crippen LogP contribution is 2.20. The highest BCUT2D eigenvalue weighted by molar-refractivity contribution is 4.75. The molecule has 0 aromatic heterocycles. The van der Waals surface area contributed by atoms with E-state index in [4.69, 9.17) is 10.5 Å². The molecule has 0 aliphatic heterocycles. The van der Waals surface area contributed by atoms with Crippen LogP contribution in [0.5, 0.6) is 0 Å². The molecule has 106 valence electrons. The molecule has 2 aliphatic carbocycles. The first-order chi connectivity index (χ1) is 8.84. The maximum atomic E-state index is 5.94. The van der Waals surface area contributed by atoms with Crippen LogP contribution in [0.4, 0.5) is 0 Å². The molecule has 2 saturated carbocycles. The Morgan fingerprint density at radius 1 is 0.889 bits per heavy atom. The summed E-state index contributed by atoms with van der Waals surface area (Å²) in [7, 11) is 0. The summed E-state index contributed by atoms with van der Waals surface area (Å²) in [6.45, 7) is 1.89. The minimum absolute atomic E-state index is 0.425. The molecule has 0 bridgehead atoms. The van der Waals surface area contributed by atoms with E-state index in [1.165, 1.54) is 38.5 Å². The van der Waals surface area contributed by atoms with Gasteiger partial charge in [-0.2, -0.15) is 0 Å². The molecule has 0 aromatic carbocycles. The van der Waals surface area contributed by atoms with Gasteiger partial charge < -0.3 is 15.8 Å². The molecule has 2 fully saturated rings. The van der Waals surface area contributed by atoms with E-state index in [0.29, 0.717) is 12.1 Å². The largest absolute Gasteiger partial charge is 0.377 e. The van der Waals surface area contributed by atoms with Crippen molar-refractivity contribution in [1.29, 1.82) is 0 Å². The van der Waals surface area contributed by atoms with E-state index in [0.717, 1.165) is 44.9 Å². The van der Waals surface area contributed by atoms with E-state index in [1.54, 1.807) is 0 Å². The fourth-order valence-electron chi connectivity index (χ4n) is 3.23. The molecular formula is C15H30N2O. The Morgan fingerprint density at radius 2 is 1.56 bits per heavy atom. The first-order valence-corrected chi connectivity index (χ1v) is 7.95. The SMILES string of the molecule is NC1CCC(OCCNC2CCCCCC2)CC1. The zero-order chi connectivity index (χ0) is 12.6.